The predicted octanol–water partition coefficient (Wildman–Crippen LogP) is 2.12. The van der Waals surface area contributed by atoms with E-state index in [0.717, 1.165) is 22.0 Å². The molecule has 1 atom stereocenters. The van der Waals surface area contributed by atoms with E-state index in [4.69, 9.17) is 4.74 Å². The molecule has 0 heterocycles. The van der Waals surface area contributed by atoms with Crippen LogP contribution in [0.4, 0.5) is 0 Å². The molecule has 5 heteroatoms. The third-order valence-corrected chi connectivity index (χ3v) is 4.14. The Morgan fingerprint density at radius 3 is 2.65 bits per heavy atom. The predicted molar refractivity (Wildman–Crippen MR) is 79.7 cm³/mol. The van der Waals surface area contributed by atoms with E-state index in [-0.39, 0.29) is 11.9 Å². The highest BCUT2D eigenvalue weighted by Gasteiger charge is 2.45. The third kappa shape index (κ3) is 2.87. The van der Waals surface area contributed by atoms with E-state index in [2.05, 4.69) is 27.3 Å². The van der Waals surface area contributed by atoms with Crippen molar-refractivity contribution >= 4 is 27.8 Å². The molecular weight excluding hydrogens is 322 g/mol. The SMILES string of the molecule is CCOC(=O)C1(NC(C)=O)Cc2ccc(CBr)cc2C1. The number of alkyl halides is 1. The van der Waals surface area contributed by atoms with Crippen LogP contribution >= 0.6 is 15.9 Å². The summed E-state index contributed by atoms with van der Waals surface area (Å²) in [4.78, 5) is 23.7. The summed E-state index contributed by atoms with van der Waals surface area (Å²) in [5.74, 6) is -0.571. The van der Waals surface area contributed by atoms with Crippen molar-refractivity contribution in [1.82, 2.24) is 5.32 Å². The van der Waals surface area contributed by atoms with Crippen LogP contribution in [0, 0.1) is 0 Å². The van der Waals surface area contributed by atoms with Gasteiger partial charge in [0.1, 0.15) is 5.54 Å². The molecule has 0 spiro atoms. The summed E-state index contributed by atoms with van der Waals surface area (Å²) in [5, 5.41) is 3.57. The van der Waals surface area contributed by atoms with Crippen molar-refractivity contribution in [2.45, 2.75) is 37.6 Å². The highest BCUT2D eigenvalue weighted by atomic mass is 79.9. The minimum absolute atomic E-state index is 0.216. The normalized spacial score (nSPS) is 20.4. The lowest BCUT2D eigenvalue weighted by atomic mass is 9.95. The zero-order valence-corrected chi connectivity index (χ0v) is 13.2. The van der Waals surface area contributed by atoms with E-state index in [9.17, 15) is 9.59 Å². The highest BCUT2D eigenvalue weighted by molar-refractivity contribution is 9.08. The molecule has 2 rings (SSSR count). The van der Waals surface area contributed by atoms with Crippen LogP contribution in [0.2, 0.25) is 0 Å². The van der Waals surface area contributed by atoms with Crippen LogP contribution < -0.4 is 5.32 Å². The first-order valence-corrected chi connectivity index (χ1v) is 7.75. The van der Waals surface area contributed by atoms with Crippen LogP contribution in [0.3, 0.4) is 0 Å². The Hall–Kier alpha value is -1.36. The van der Waals surface area contributed by atoms with Gasteiger partial charge in [0, 0.05) is 25.1 Å². The minimum Gasteiger partial charge on any atom is -0.464 e. The van der Waals surface area contributed by atoms with Gasteiger partial charge in [0.2, 0.25) is 5.91 Å². The summed E-state index contributed by atoms with van der Waals surface area (Å²) < 4.78 is 5.15. The van der Waals surface area contributed by atoms with Gasteiger partial charge in [0.05, 0.1) is 6.61 Å². The molecule has 1 aliphatic carbocycles. The minimum atomic E-state index is -0.949. The lowest BCUT2D eigenvalue weighted by Gasteiger charge is -2.27. The molecule has 0 saturated carbocycles. The van der Waals surface area contributed by atoms with Gasteiger partial charge in [-0.1, -0.05) is 34.1 Å². The van der Waals surface area contributed by atoms with Crippen molar-refractivity contribution in [1.29, 1.82) is 0 Å². The summed E-state index contributed by atoms with van der Waals surface area (Å²) in [6.07, 6.45) is 0.977. The van der Waals surface area contributed by atoms with Crippen LogP contribution in [-0.4, -0.2) is 24.0 Å². The van der Waals surface area contributed by atoms with Gasteiger partial charge in [-0.05, 0) is 23.6 Å². The van der Waals surface area contributed by atoms with Crippen molar-refractivity contribution in [3.63, 3.8) is 0 Å². The van der Waals surface area contributed by atoms with Gasteiger partial charge < -0.3 is 10.1 Å². The molecule has 108 valence electrons. The number of amides is 1. The van der Waals surface area contributed by atoms with Gasteiger partial charge in [-0.2, -0.15) is 0 Å². The van der Waals surface area contributed by atoms with E-state index in [1.165, 1.54) is 6.92 Å². The topological polar surface area (TPSA) is 55.4 Å². The molecule has 1 N–H and O–H groups in total. The Morgan fingerprint density at radius 2 is 2.05 bits per heavy atom. The molecule has 0 aliphatic heterocycles. The fraction of sp³-hybridized carbons (Fsp3) is 0.467. The molecule has 20 heavy (non-hydrogen) atoms. The second-order valence-electron chi connectivity index (χ2n) is 5.07. The van der Waals surface area contributed by atoms with Gasteiger partial charge >= 0.3 is 5.97 Å². The lowest BCUT2D eigenvalue weighted by molar-refractivity contribution is -0.152. The first-order valence-electron chi connectivity index (χ1n) is 6.63. The number of ether oxygens (including phenoxy) is 1. The number of halogens is 1. The van der Waals surface area contributed by atoms with Crippen LogP contribution in [0.15, 0.2) is 18.2 Å². The van der Waals surface area contributed by atoms with Gasteiger partial charge in [-0.15, -0.1) is 0 Å². The van der Waals surface area contributed by atoms with Crippen molar-refractivity contribution < 1.29 is 14.3 Å². The second kappa shape index (κ2) is 5.95. The summed E-state index contributed by atoms with van der Waals surface area (Å²) in [5.41, 5.74) is 2.40. The molecule has 4 nitrogen and oxygen atoms in total. The molecular formula is C15H18BrNO3. The monoisotopic (exact) mass is 339 g/mol. The number of benzene rings is 1. The summed E-state index contributed by atoms with van der Waals surface area (Å²) in [6.45, 7) is 3.50. The van der Waals surface area contributed by atoms with Gasteiger partial charge in [-0.3, -0.25) is 4.79 Å². The van der Waals surface area contributed by atoms with Crippen molar-refractivity contribution in [2.24, 2.45) is 0 Å². The standard InChI is InChI=1S/C15H18BrNO3/c1-3-20-14(19)15(17-10(2)18)7-12-5-4-11(9-16)6-13(12)8-15/h4-6H,3,7-9H2,1-2H3,(H,17,18). The van der Waals surface area contributed by atoms with Crippen molar-refractivity contribution in [3.05, 3.63) is 34.9 Å². The molecule has 0 radical (unpaired) electrons. The average Bonchev–Trinajstić information content (AvgIpc) is 2.76. The molecule has 0 saturated heterocycles. The maximum absolute atomic E-state index is 12.3. The Bertz CT molecular complexity index is 544. The quantitative estimate of drug-likeness (QED) is 0.675. The lowest BCUT2D eigenvalue weighted by Crippen LogP contribution is -2.55. The molecule has 0 bridgehead atoms. The van der Waals surface area contributed by atoms with Gasteiger partial charge in [0.25, 0.3) is 0 Å². The number of carbonyl (C=O) groups excluding carboxylic acids is 2. The summed E-state index contributed by atoms with van der Waals surface area (Å²) >= 11 is 3.43. The first kappa shape index (κ1) is 15.0. The Kier molecular flexibility index (Phi) is 4.48. The smallest absolute Gasteiger partial charge is 0.332 e. The number of carbonyl (C=O) groups is 2. The zero-order chi connectivity index (χ0) is 14.8. The number of hydrogen-bond donors (Lipinski definition) is 1. The number of hydrogen-bond acceptors (Lipinski definition) is 3. The van der Waals surface area contributed by atoms with Crippen molar-refractivity contribution in [2.75, 3.05) is 6.61 Å². The van der Waals surface area contributed by atoms with E-state index >= 15 is 0 Å². The first-order chi connectivity index (χ1) is 9.50. The van der Waals surface area contributed by atoms with Gasteiger partial charge in [-0.25, -0.2) is 4.79 Å². The largest absolute Gasteiger partial charge is 0.464 e. The maximum atomic E-state index is 12.3. The Morgan fingerprint density at radius 1 is 1.35 bits per heavy atom. The maximum Gasteiger partial charge on any atom is 0.332 e. The average molecular weight is 340 g/mol. The Balaban J connectivity index is 2.32. The highest BCUT2D eigenvalue weighted by Crippen LogP contribution is 2.32. The molecule has 0 aromatic heterocycles. The van der Waals surface area contributed by atoms with E-state index in [1.54, 1.807) is 6.92 Å². The zero-order valence-electron chi connectivity index (χ0n) is 11.7. The summed E-state index contributed by atoms with van der Waals surface area (Å²) in [6, 6.07) is 6.13. The number of nitrogens with one attached hydrogen (secondary N) is 1. The molecule has 1 aliphatic rings. The summed E-state index contributed by atoms with van der Waals surface area (Å²) in [7, 11) is 0. The molecule has 1 amide bonds. The third-order valence-electron chi connectivity index (χ3n) is 3.49. The van der Waals surface area contributed by atoms with Crippen LogP contribution in [0.25, 0.3) is 0 Å². The van der Waals surface area contributed by atoms with Gasteiger partial charge in [0.15, 0.2) is 0 Å². The van der Waals surface area contributed by atoms with Crippen LogP contribution in [0.5, 0.6) is 0 Å². The fourth-order valence-electron chi connectivity index (χ4n) is 2.70. The number of rotatable bonds is 4. The Labute approximate surface area is 127 Å². The van der Waals surface area contributed by atoms with Crippen molar-refractivity contribution in [3.8, 4) is 0 Å². The second-order valence-corrected chi connectivity index (χ2v) is 5.63. The van der Waals surface area contributed by atoms with E-state index < -0.39 is 5.54 Å². The van der Waals surface area contributed by atoms with Crippen LogP contribution in [-0.2, 0) is 32.5 Å². The number of fused-ring (bicyclic) bond motifs is 1. The molecule has 1 unspecified atom stereocenters. The van der Waals surface area contributed by atoms with E-state index in [1.807, 2.05) is 12.1 Å². The molecule has 1 aromatic rings. The number of esters is 1. The molecule has 0 fully saturated rings. The fourth-order valence-corrected chi connectivity index (χ4v) is 3.05. The van der Waals surface area contributed by atoms with Crippen LogP contribution in [0.1, 0.15) is 30.5 Å². The van der Waals surface area contributed by atoms with E-state index in [0.29, 0.717) is 19.4 Å². The molecule has 1 aromatic carbocycles.